The molecule has 3 N–H and O–H groups in total. The number of urea groups is 1. The van der Waals surface area contributed by atoms with E-state index in [0.717, 1.165) is 31.4 Å². The SMILES string of the molecule is O=C(Nc1ccc(-n2cccn2)c(Cl)c1)NC1(CO)CCCC1. The number of carbonyl (C=O) groups excluding carboxylic acids is 1. The largest absolute Gasteiger partial charge is 0.394 e. The lowest BCUT2D eigenvalue weighted by molar-refractivity contribution is 0.167. The number of aliphatic hydroxyl groups excluding tert-OH is 1. The topological polar surface area (TPSA) is 79.2 Å². The molecule has 1 saturated carbocycles. The van der Waals surface area contributed by atoms with Crippen LogP contribution in [0.15, 0.2) is 36.7 Å². The van der Waals surface area contributed by atoms with E-state index in [0.29, 0.717) is 10.7 Å². The quantitative estimate of drug-likeness (QED) is 0.804. The number of aliphatic hydroxyl groups is 1. The van der Waals surface area contributed by atoms with Gasteiger partial charge in [-0.3, -0.25) is 0 Å². The van der Waals surface area contributed by atoms with Gasteiger partial charge in [0.15, 0.2) is 0 Å². The average molecular weight is 335 g/mol. The van der Waals surface area contributed by atoms with Gasteiger partial charge in [0.1, 0.15) is 0 Å². The summed E-state index contributed by atoms with van der Waals surface area (Å²) in [5.41, 5.74) is 0.836. The van der Waals surface area contributed by atoms with Gasteiger partial charge in [0.2, 0.25) is 0 Å². The van der Waals surface area contributed by atoms with E-state index >= 15 is 0 Å². The molecule has 6 nitrogen and oxygen atoms in total. The van der Waals surface area contributed by atoms with Gasteiger partial charge in [-0.2, -0.15) is 5.10 Å². The van der Waals surface area contributed by atoms with Gasteiger partial charge >= 0.3 is 6.03 Å². The van der Waals surface area contributed by atoms with Crippen LogP contribution in [-0.4, -0.2) is 33.1 Å². The van der Waals surface area contributed by atoms with Crippen LogP contribution in [0.5, 0.6) is 0 Å². The highest BCUT2D eigenvalue weighted by atomic mass is 35.5. The smallest absolute Gasteiger partial charge is 0.319 e. The van der Waals surface area contributed by atoms with Gasteiger partial charge in [-0.05, 0) is 37.1 Å². The third-order valence-electron chi connectivity index (χ3n) is 4.20. The maximum absolute atomic E-state index is 12.2. The molecule has 0 radical (unpaired) electrons. The fourth-order valence-electron chi connectivity index (χ4n) is 2.96. The minimum Gasteiger partial charge on any atom is -0.394 e. The summed E-state index contributed by atoms with van der Waals surface area (Å²) in [5.74, 6) is 0. The van der Waals surface area contributed by atoms with Gasteiger partial charge < -0.3 is 15.7 Å². The number of hydrogen-bond acceptors (Lipinski definition) is 3. The highest BCUT2D eigenvalue weighted by Gasteiger charge is 2.34. The van der Waals surface area contributed by atoms with E-state index in [-0.39, 0.29) is 12.6 Å². The highest BCUT2D eigenvalue weighted by Crippen LogP contribution is 2.29. The summed E-state index contributed by atoms with van der Waals surface area (Å²) in [6.45, 7) is -0.0422. The normalized spacial score (nSPS) is 16.3. The Labute approximate surface area is 139 Å². The van der Waals surface area contributed by atoms with Crippen LogP contribution in [0.3, 0.4) is 0 Å². The van der Waals surface area contributed by atoms with Crippen LogP contribution in [0.4, 0.5) is 10.5 Å². The number of amides is 2. The summed E-state index contributed by atoms with van der Waals surface area (Å²) in [4.78, 5) is 12.2. The third kappa shape index (κ3) is 3.48. The van der Waals surface area contributed by atoms with E-state index < -0.39 is 5.54 Å². The number of nitrogens with zero attached hydrogens (tertiary/aromatic N) is 2. The summed E-state index contributed by atoms with van der Waals surface area (Å²) in [6.07, 6.45) is 7.11. The second kappa shape index (κ2) is 6.60. The number of halogens is 1. The summed E-state index contributed by atoms with van der Waals surface area (Å²) >= 11 is 6.26. The molecular weight excluding hydrogens is 316 g/mol. The number of aromatic nitrogens is 2. The zero-order valence-electron chi connectivity index (χ0n) is 12.6. The molecule has 7 heteroatoms. The van der Waals surface area contributed by atoms with E-state index in [1.54, 1.807) is 35.3 Å². The average Bonchev–Trinajstić information content (AvgIpc) is 3.19. The zero-order valence-corrected chi connectivity index (χ0v) is 13.4. The molecule has 1 aliphatic carbocycles. The molecule has 0 spiro atoms. The van der Waals surface area contributed by atoms with Crippen molar-refractivity contribution in [3.8, 4) is 5.69 Å². The minimum absolute atomic E-state index is 0.0422. The van der Waals surface area contributed by atoms with Crippen molar-refractivity contribution in [3.63, 3.8) is 0 Å². The number of anilines is 1. The molecule has 1 fully saturated rings. The summed E-state index contributed by atoms with van der Waals surface area (Å²) < 4.78 is 1.66. The van der Waals surface area contributed by atoms with E-state index in [4.69, 9.17) is 11.6 Å². The standard InChI is InChI=1S/C16H19ClN4O2/c17-13-10-12(4-5-14(13)21-9-3-8-18-21)19-15(23)20-16(11-22)6-1-2-7-16/h3-5,8-10,22H,1-2,6-7,11H2,(H2,19,20,23). The molecule has 3 rings (SSSR count). The van der Waals surface area contributed by atoms with E-state index in [1.807, 2.05) is 6.07 Å². The molecule has 0 bridgehead atoms. The lowest BCUT2D eigenvalue weighted by Crippen LogP contribution is -2.50. The molecule has 2 aromatic rings. The first-order valence-corrected chi connectivity index (χ1v) is 7.99. The Kier molecular flexibility index (Phi) is 4.54. The molecule has 122 valence electrons. The van der Waals surface area contributed by atoms with Crippen molar-refractivity contribution in [2.45, 2.75) is 31.2 Å². The van der Waals surface area contributed by atoms with Crippen LogP contribution < -0.4 is 10.6 Å². The third-order valence-corrected chi connectivity index (χ3v) is 4.50. The van der Waals surface area contributed by atoms with Crippen molar-refractivity contribution in [2.24, 2.45) is 0 Å². The van der Waals surface area contributed by atoms with Crippen LogP contribution in [-0.2, 0) is 0 Å². The van der Waals surface area contributed by atoms with Crippen LogP contribution in [0.2, 0.25) is 5.02 Å². The lowest BCUT2D eigenvalue weighted by Gasteiger charge is -2.28. The van der Waals surface area contributed by atoms with Crippen molar-refractivity contribution in [3.05, 3.63) is 41.7 Å². The first-order valence-electron chi connectivity index (χ1n) is 7.61. The highest BCUT2D eigenvalue weighted by molar-refractivity contribution is 6.32. The molecular formula is C16H19ClN4O2. The Morgan fingerprint density at radius 3 is 2.78 bits per heavy atom. The molecule has 0 atom stereocenters. The first kappa shape index (κ1) is 15.8. The van der Waals surface area contributed by atoms with Crippen LogP contribution >= 0.6 is 11.6 Å². The second-order valence-corrected chi connectivity index (χ2v) is 6.25. The Bertz CT molecular complexity index is 681. The molecule has 2 amide bonds. The fraction of sp³-hybridized carbons (Fsp3) is 0.375. The Morgan fingerprint density at radius 1 is 1.39 bits per heavy atom. The molecule has 0 saturated heterocycles. The molecule has 23 heavy (non-hydrogen) atoms. The first-order chi connectivity index (χ1) is 11.1. The summed E-state index contributed by atoms with van der Waals surface area (Å²) in [7, 11) is 0. The van der Waals surface area contributed by atoms with Crippen LogP contribution in [0, 0.1) is 0 Å². The Hall–Kier alpha value is -2.05. The number of rotatable bonds is 4. The van der Waals surface area contributed by atoms with Gasteiger partial charge in [0, 0.05) is 18.1 Å². The maximum Gasteiger partial charge on any atom is 0.319 e. The molecule has 1 aromatic carbocycles. The number of carbonyl (C=O) groups is 1. The monoisotopic (exact) mass is 334 g/mol. The van der Waals surface area contributed by atoms with Gasteiger partial charge in [-0.1, -0.05) is 24.4 Å². The van der Waals surface area contributed by atoms with Crippen LogP contribution in [0.25, 0.3) is 5.69 Å². The molecule has 0 aliphatic heterocycles. The molecule has 1 aromatic heterocycles. The van der Waals surface area contributed by atoms with Crippen molar-refractivity contribution in [2.75, 3.05) is 11.9 Å². The Balaban J connectivity index is 1.68. The minimum atomic E-state index is -0.497. The van der Waals surface area contributed by atoms with Crippen molar-refractivity contribution >= 4 is 23.3 Å². The van der Waals surface area contributed by atoms with Crippen molar-refractivity contribution in [1.82, 2.24) is 15.1 Å². The van der Waals surface area contributed by atoms with Gasteiger partial charge in [-0.25, -0.2) is 9.48 Å². The Morgan fingerprint density at radius 2 is 2.17 bits per heavy atom. The number of benzene rings is 1. The predicted octanol–water partition coefficient (Wildman–Crippen LogP) is 2.95. The lowest BCUT2D eigenvalue weighted by atomic mass is 9.99. The van der Waals surface area contributed by atoms with Crippen LogP contribution in [0.1, 0.15) is 25.7 Å². The van der Waals surface area contributed by atoms with E-state index in [1.165, 1.54) is 0 Å². The zero-order chi connectivity index (χ0) is 16.3. The summed E-state index contributed by atoms with van der Waals surface area (Å²) in [5, 5.41) is 19.8. The molecule has 1 aliphatic rings. The van der Waals surface area contributed by atoms with E-state index in [9.17, 15) is 9.90 Å². The predicted molar refractivity (Wildman–Crippen MR) is 89.0 cm³/mol. The summed E-state index contributed by atoms with van der Waals surface area (Å²) in [6, 6.07) is 6.72. The van der Waals surface area contributed by atoms with E-state index in [2.05, 4.69) is 15.7 Å². The second-order valence-electron chi connectivity index (χ2n) is 5.84. The van der Waals surface area contributed by atoms with Crippen molar-refractivity contribution in [1.29, 1.82) is 0 Å². The van der Waals surface area contributed by atoms with Gasteiger partial charge in [-0.15, -0.1) is 0 Å². The number of hydrogen-bond donors (Lipinski definition) is 3. The fourth-order valence-corrected chi connectivity index (χ4v) is 3.23. The molecule has 0 unspecified atom stereocenters. The van der Waals surface area contributed by atoms with Crippen molar-refractivity contribution < 1.29 is 9.90 Å². The van der Waals surface area contributed by atoms with Gasteiger partial charge in [0.25, 0.3) is 0 Å². The number of nitrogens with one attached hydrogen (secondary N) is 2. The van der Waals surface area contributed by atoms with Gasteiger partial charge in [0.05, 0.1) is 22.9 Å². The maximum atomic E-state index is 12.2. The molecule has 1 heterocycles.